The zero-order valence-corrected chi connectivity index (χ0v) is 19.0. The minimum absolute atomic E-state index is 0.804. The molecule has 0 aliphatic carbocycles. The third-order valence-corrected chi connectivity index (χ3v) is 5.59. The summed E-state index contributed by atoms with van der Waals surface area (Å²) in [6.45, 7) is 11.9. The molecule has 0 aliphatic rings. The SMILES string of the molecule is Cc1nc2cc3nc(C)c(C)[nH]c3cc2n1.Cc1nc2cc3ncc(C)[nH]c3c(C)c2n1. The molecule has 160 valence electrons. The molecule has 0 spiro atoms. The number of imidazole rings is 2. The fourth-order valence-corrected chi connectivity index (χ4v) is 3.88. The van der Waals surface area contributed by atoms with Gasteiger partial charge in [-0.25, -0.2) is 24.9 Å². The summed E-state index contributed by atoms with van der Waals surface area (Å²) >= 11 is 0. The molecule has 0 fully saturated rings. The Labute approximate surface area is 184 Å². The van der Waals surface area contributed by atoms with Crippen LogP contribution >= 0.6 is 0 Å². The van der Waals surface area contributed by atoms with Crippen LogP contribution in [-0.2, 0) is 0 Å². The third kappa shape index (κ3) is 3.43. The third-order valence-electron chi connectivity index (χ3n) is 5.59. The van der Waals surface area contributed by atoms with E-state index in [1.807, 2.05) is 59.0 Å². The van der Waals surface area contributed by atoms with Crippen LogP contribution in [0, 0.1) is 41.5 Å². The van der Waals surface area contributed by atoms with E-state index in [1.54, 1.807) is 0 Å². The van der Waals surface area contributed by atoms with Gasteiger partial charge in [-0.15, -0.1) is 0 Å². The monoisotopic (exact) mass is 424 g/mol. The maximum absolute atomic E-state index is 4.54. The molecule has 0 bridgehead atoms. The Kier molecular flexibility index (Phi) is 4.58. The summed E-state index contributed by atoms with van der Waals surface area (Å²) in [6.07, 6.45) is 1.83. The molecule has 6 rings (SSSR count). The summed E-state index contributed by atoms with van der Waals surface area (Å²) < 4.78 is 0. The van der Waals surface area contributed by atoms with E-state index in [0.29, 0.717) is 0 Å². The predicted octanol–water partition coefficient (Wildman–Crippen LogP) is 4.86. The number of hydrogen-bond acceptors (Lipinski definition) is 6. The average molecular weight is 425 g/mol. The Bertz CT molecular complexity index is 1580. The first-order chi connectivity index (χ1) is 15.3. The number of H-pyrrole nitrogens is 2. The van der Waals surface area contributed by atoms with Crippen LogP contribution in [0.15, 0.2) is 24.4 Å². The lowest BCUT2D eigenvalue weighted by Gasteiger charge is -2.03. The van der Waals surface area contributed by atoms with E-state index >= 15 is 0 Å². The molecule has 0 atom stereocenters. The van der Waals surface area contributed by atoms with Crippen LogP contribution < -0.4 is 0 Å². The highest BCUT2D eigenvalue weighted by Gasteiger charge is 2.09. The minimum atomic E-state index is 0.804. The molecule has 6 aromatic rings. The van der Waals surface area contributed by atoms with Gasteiger partial charge in [0.25, 0.3) is 0 Å². The Morgan fingerprint density at radius 2 is 1.28 bits per heavy atom. The van der Waals surface area contributed by atoms with Crippen LogP contribution in [-0.4, -0.2) is 39.9 Å². The van der Waals surface area contributed by atoms with Crippen LogP contribution in [0.3, 0.4) is 0 Å². The van der Waals surface area contributed by atoms with Crippen molar-refractivity contribution < 1.29 is 0 Å². The lowest BCUT2D eigenvalue weighted by atomic mass is 10.1. The van der Waals surface area contributed by atoms with Gasteiger partial charge in [0.1, 0.15) is 11.6 Å². The van der Waals surface area contributed by atoms with E-state index in [-0.39, 0.29) is 0 Å². The topological polar surface area (TPSA) is 109 Å². The van der Waals surface area contributed by atoms with Gasteiger partial charge in [0.15, 0.2) is 0 Å². The molecule has 0 radical (unpaired) electrons. The van der Waals surface area contributed by atoms with E-state index in [9.17, 15) is 0 Å². The fraction of sp³-hybridized carbons (Fsp3) is 0.250. The van der Waals surface area contributed by atoms with Gasteiger partial charge in [0.05, 0.1) is 49.8 Å². The summed E-state index contributed by atoms with van der Waals surface area (Å²) in [5.41, 5.74) is 11.9. The van der Waals surface area contributed by atoms with E-state index in [1.165, 1.54) is 0 Å². The van der Waals surface area contributed by atoms with Crippen LogP contribution in [0.5, 0.6) is 0 Å². The zero-order chi connectivity index (χ0) is 22.6. The highest BCUT2D eigenvalue weighted by atomic mass is 14.9. The lowest BCUT2D eigenvalue weighted by molar-refractivity contribution is 1.10. The summed E-state index contributed by atoms with van der Waals surface area (Å²) in [5, 5.41) is 0. The fourth-order valence-electron chi connectivity index (χ4n) is 3.88. The van der Waals surface area contributed by atoms with Gasteiger partial charge in [0, 0.05) is 23.1 Å². The maximum Gasteiger partial charge on any atom is 0.126 e. The van der Waals surface area contributed by atoms with Gasteiger partial charge in [-0.3, -0.25) is 4.98 Å². The normalized spacial score (nSPS) is 11.4. The van der Waals surface area contributed by atoms with Crippen molar-refractivity contribution in [3.63, 3.8) is 0 Å². The molecule has 32 heavy (non-hydrogen) atoms. The number of benzene rings is 2. The Hall–Kier alpha value is -3.94. The molecule has 4 heterocycles. The van der Waals surface area contributed by atoms with Gasteiger partial charge in [-0.1, -0.05) is 0 Å². The van der Waals surface area contributed by atoms with E-state index in [2.05, 4.69) is 46.8 Å². The molecule has 0 saturated carbocycles. The van der Waals surface area contributed by atoms with Gasteiger partial charge in [-0.2, -0.15) is 0 Å². The molecule has 2 aromatic carbocycles. The summed E-state index contributed by atoms with van der Waals surface area (Å²) in [5.74, 6) is 1.61. The number of aromatic nitrogens is 8. The molecule has 0 unspecified atom stereocenters. The molecule has 0 aliphatic heterocycles. The number of fused-ring (bicyclic) bond motifs is 4. The molecular formula is C24H24N8. The standard InChI is InChI=1S/2C12H12N4/c1-6-7(2)14-10-5-12-11(4-9(10)13-6)15-8(3)16-12;1-6-5-13-9-4-10-12(16-8(3)15-10)7(2)11(9)14-6/h4-5,13H,1-3H3;4-5,14H,1-3H3. The largest absolute Gasteiger partial charge is 0.356 e. The molecule has 8 nitrogen and oxygen atoms in total. The summed E-state index contributed by atoms with van der Waals surface area (Å²) in [7, 11) is 0. The van der Waals surface area contributed by atoms with E-state index in [0.717, 1.165) is 78.4 Å². The van der Waals surface area contributed by atoms with Crippen molar-refractivity contribution >= 4 is 44.1 Å². The first-order valence-corrected chi connectivity index (χ1v) is 10.5. The predicted molar refractivity (Wildman–Crippen MR) is 127 cm³/mol. The summed E-state index contributed by atoms with van der Waals surface area (Å²) in [4.78, 5) is 33.1. The van der Waals surface area contributed by atoms with Gasteiger partial charge in [-0.05, 0) is 59.7 Å². The van der Waals surface area contributed by atoms with Crippen LogP contribution in [0.1, 0.15) is 34.3 Å². The number of nitrogens with one attached hydrogen (secondary N) is 2. The first-order valence-electron chi connectivity index (χ1n) is 10.5. The second kappa shape index (κ2) is 7.33. The second-order valence-corrected chi connectivity index (χ2v) is 8.18. The zero-order valence-electron chi connectivity index (χ0n) is 19.0. The van der Waals surface area contributed by atoms with Crippen LogP contribution in [0.4, 0.5) is 0 Å². The minimum Gasteiger partial charge on any atom is -0.356 e. The highest BCUT2D eigenvalue weighted by molar-refractivity contribution is 5.95. The smallest absolute Gasteiger partial charge is 0.126 e. The first kappa shape index (κ1) is 20.0. The van der Waals surface area contributed by atoms with Crippen molar-refractivity contribution in [3.05, 3.63) is 58.7 Å². The highest BCUT2D eigenvalue weighted by Crippen LogP contribution is 2.24. The lowest BCUT2D eigenvalue weighted by Crippen LogP contribution is -1.93. The number of aromatic amines is 2. The molecular weight excluding hydrogens is 400 g/mol. The van der Waals surface area contributed by atoms with Crippen molar-refractivity contribution in [3.8, 4) is 0 Å². The Morgan fingerprint density at radius 1 is 0.625 bits per heavy atom. The Balaban J connectivity index is 0.000000135. The van der Waals surface area contributed by atoms with Gasteiger partial charge < -0.3 is 9.97 Å². The van der Waals surface area contributed by atoms with E-state index < -0.39 is 0 Å². The maximum atomic E-state index is 4.54. The second-order valence-electron chi connectivity index (χ2n) is 8.18. The van der Waals surface area contributed by atoms with Crippen molar-refractivity contribution in [2.75, 3.05) is 0 Å². The molecule has 4 aromatic heterocycles. The van der Waals surface area contributed by atoms with Gasteiger partial charge in [0.2, 0.25) is 0 Å². The number of aryl methyl sites for hydroxylation is 6. The molecule has 8 heteroatoms. The average Bonchev–Trinajstić information content (AvgIpc) is 3.29. The van der Waals surface area contributed by atoms with Crippen molar-refractivity contribution in [2.24, 2.45) is 0 Å². The molecule has 0 amide bonds. The van der Waals surface area contributed by atoms with Crippen LogP contribution in [0.2, 0.25) is 0 Å². The number of rotatable bonds is 0. The van der Waals surface area contributed by atoms with Crippen molar-refractivity contribution in [2.45, 2.75) is 41.5 Å². The quantitative estimate of drug-likeness (QED) is 0.360. The van der Waals surface area contributed by atoms with E-state index in [4.69, 9.17) is 0 Å². The number of hydrogen-bond donors (Lipinski definition) is 2. The molecule has 2 N–H and O–H groups in total. The summed E-state index contributed by atoms with van der Waals surface area (Å²) in [6, 6.07) is 5.96. The molecule has 0 saturated heterocycles. The van der Waals surface area contributed by atoms with Gasteiger partial charge >= 0.3 is 0 Å². The van der Waals surface area contributed by atoms with Crippen molar-refractivity contribution in [1.82, 2.24) is 39.9 Å². The van der Waals surface area contributed by atoms with Crippen molar-refractivity contribution in [1.29, 1.82) is 0 Å². The number of nitrogens with zero attached hydrogens (tertiary/aromatic N) is 6. The van der Waals surface area contributed by atoms with Crippen LogP contribution in [0.25, 0.3) is 44.1 Å². The Morgan fingerprint density at radius 3 is 2.06 bits per heavy atom.